The van der Waals surface area contributed by atoms with Gasteiger partial charge in [0.25, 0.3) is 10.0 Å². The third-order valence-corrected chi connectivity index (χ3v) is 4.45. The molecule has 9 heteroatoms. The highest BCUT2D eigenvalue weighted by molar-refractivity contribution is 9.10. The average Bonchev–Trinajstić information content (AvgIpc) is 2.36. The Labute approximate surface area is 127 Å². The Hall–Kier alpha value is -1.25. The first-order chi connectivity index (χ1) is 9.29. The van der Waals surface area contributed by atoms with E-state index in [1.807, 2.05) is 4.72 Å². The van der Waals surface area contributed by atoms with Gasteiger partial charge in [-0.3, -0.25) is 4.72 Å². The second-order valence-electron chi connectivity index (χ2n) is 3.67. The third-order valence-electron chi connectivity index (χ3n) is 2.26. The Morgan fingerprint density at radius 3 is 2.50 bits per heavy atom. The van der Waals surface area contributed by atoms with E-state index in [-0.39, 0.29) is 14.5 Å². The highest BCUT2D eigenvalue weighted by Gasteiger charge is 2.18. The van der Waals surface area contributed by atoms with Crippen LogP contribution >= 0.6 is 27.5 Å². The van der Waals surface area contributed by atoms with Gasteiger partial charge in [0.15, 0.2) is 0 Å². The molecule has 0 unspecified atom stereocenters. The SMILES string of the molecule is O=S(=O)(Nc1cc(F)c(Br)cc1F)c1ccc(Cl)nc1. The quantitative estimate of drug-likeness (QED) is 0.651. The number of sulfonamides is 1. The molecular weight excluding hydrogens is 378 g/mol. The highest BCUT2D eigenvalue weighted by atomic mass is 79.9. The summed E-state index contributed by atoms with van der Waals surface area (Å²) in [6.45, 7) is 0. The van der Waals surface area contributed by atoms with Crippen LogP contribution in [0.2, 0.25) is 5.15 Å². The van der Waals surface area contributed by atoms with E-state index in [1.54, 1.807) is 0 Å². The number of aromatic nitrogens is 1. The molecule has 0 radical (unpaired) electrons. The van der Waals surface area contributed by atoms with Gasteiger partial charge >= 0.3 is 0 Å². The van der Waals surface area contributed by atoms with Gasteiger partial charge < -0.3 is 0 Å². The predicted molar refractivity (Wildman–Crippen MR) is 74.1 cm³/mol. The smallest absolute Gasteiger partial charge is 0.263 e. The van der Waals surface area contributed by atoms with Crippen molar-refractivity contribution < 1.29 is 17.2 Å². The third kappa shape index (κ3) is 3.25. The molecule has 1 N–H and O–H groups in total. The number of pyridine rings is 1. The van der Waals surface area contributed by atoms with Crippen LogP contribution in [-0.4, -0.2) is 13.4 Å². The van der Waals surface area contributed by atoms with E-state index in [2.05, 4.69) is 20.9 Å². The van der Waals surface area contributed by atoms with Crippen LogP contribution in [0.25, 0.3) is 0 Å². The lowest BCUT2D eigenvalue weighted by atomic mass is 10.3. The molecule has 2 aromatic rings. The molecule has 1 aromatic carbocycles. The lowest BCUT2D eigenvalue weighted by Gasteiger charge is -2.09. The standard InChI is InChI=1S/C11H6BrClF2N2O2S/c12-7-3-9(15)10(4-8(7)14)17-20(18,19)6-1-2-11(13)16-5-6/h1-5,17H. The van der Waals surface area contributed by atoms with Gasteiger partial charge in [0.2, 0.25) is 0 Å². The summed E-state index contributed by atoms with van der Waals surface area (Å²) in [7, 11) is -4.08. The van der Waals surface area contributed by atoms with Crippen molar-refractivity contribution in [2.24, 2.45) is 0 Å². The average molecular weight is 384 g/mol. The molecule has 1 aromatic heterocycles. The zero-order valence-corrected chi connectivity index (χ0v) is 12.7. The number of hydrogen-bond acceptors (Lipinski definition) is 3. The first kappa shape index (κ1) is 15.1. The zero-order valence-electron chi connectivity index (χ0n) is 9.57. The molecule has 0 atom stereocenters. The number of rotatable bonds is 3. The first-order valence-corrected chi connectivity index (χ1v) is 7.74. The topological polar surface area (TPSA) is 59.1 Å². The number of nitrogens with zero attached hydrogens (tertiary/aromatic N) is 1. The van der Waals surface area contributed by atoms with Crippen molar-refractivity contribution in [3.63, 3.8) is 0 Å². The maximum absolute atomic E-state index is 13.6. The molecule has 1 heterocycles. The van der Waals surface area contributed by atoms with Crippen molar-refractivity contribution in [3.8, 4) is 0 Å². The second kappa shape index (κ2) is 5.63. The van der Waals surface area contributed by atoms with Crippen LogP contribution in [0.1, 0.15) is 0 Å². The number of nitrogens with one attached hydrogen (secondary N) is 1. The summed E-state index contributed by atoms with van der Waals surface area (Å²) >= 11 is 8.34. The van der Waals surface area contributed by atoms with E-state index in [0.29, 0.717) is 0 Å². The maximum Gasteiger partial charge on any atom is 0.263 e. The lowest BCUT2D eigenvalue weighted by Crippen LogP contribution is -2.14. The van der Waals surface area contributed by atoms with Gasteiger partial charge in [-0.1, -0.05) is 11.6 Å². The molecule has 106 valence electrons. The first-order valence-electron chi connectivity index (χ1n) is 5.08. The zero-order chi connectivity index (χ0) is 14.9. The molecule has 20 heavy (non-hydrogen) atoms. The van der Waals surface area contributed by atoms with Crippen LogP contribution in [0, 0.1) is 11.6 Å². The number of anilines is 1. The number of halogens is 4. The van der Waals surface area contributed by atoms with Gasteiger partial charge in [0.05, 0.1) is 10.2 Å². The summed E-state index contributed by atoms with van der Waals surface area (Å²) in [5.41, 5.74) is -0.499. The molecular formula is C11H6BrClF2N2O2S. The Balaban J connectivity index is 2.38. The second-order valence-corrected chi connectivity index (χ2v) is 6.59. The minimum atomic E-state index is -4.08. The van der Waals surface area contributed by atoms with E-state index in [1.165, 1.54) is 12.1 Å². The van der Waals surface area contributed by atoms with E-state index in [4.69, 9.17) is 11.6 Å². The summed E-state index contributed by atoms with van der Waals surface area (Å²) in [5.74, 6) is -1.71. The molecule has 2 rings (SSSR count). The summed E-state index contributed by atoms with van der Waals surface area (Å²) in [6.07, 6.45) is 1.01. The summed E-state index contributed by atoms with van der Waals surface area (Å²) in [5, 5.41) is 0.116. The molecule has 4 nitrogen and oxygen atoms in total. The monoisotopic (exact) mass is 382 g/mol. The van der Waals surface area contributed by atoms with Gasteiger partial charge in [0.1, 0.15) is 21.7 Å². The minimum absolute atomic E-state index is 0.105. The molecule has 0 aliphatic rings. The van der Waals surface area contributed by atoms with Crippen LogP contribution in [0.5, 0.6) is 0 Å². The Morgan fingerprint density at radius 1 is 1.20 bits per heavy atom. The van der Waals surface area contributed by atoms with Gasteiger partial charge in [-0.25, -0.2) is 22.2 Å². The molecule has 0 saturated carbocycles. The van der Waals surface area contributed by atoms with Crippen molar-refractivity contribution >= 4 is 43.2 Å². The largest absolute Gasteiger partial charge is 0.276 e. The predicted octanol–water partition coefficient (Wildman–Crippen LogP) is 3.58. The van der Waals surface area contributed by atoms with Gasteiger partial charge in [-0.15, -0.1) is 0 Å². The van der Waals surface area contributed by atoms with Gasteiger partial charge in [-0.05, 0) is 34.1 Å². The van der Waals surface area contributed by atoms with Crippen molar-refractivity contribution in [2.75, 3.05) is 4.72 Å². The van der Waals surface area contributed by atoms with Gasteiger partial charge in [-0.2, -0.15) is 0 Å². The fourth-order valence-corrected chi connectivity index (χ4v) is 2.76. The van der Waals surface area contributed by atoms with Crippen molar-refractivity contribution in [3.05, 3.63) is 51.7 Å². The van der Waals surface area contributed by atoms with Crippen LogP contribution in [-0.2, 0) is 10.0 Å². The normalized spacial score (nSPS) is 11.4. The van der Waals surface area contributed by atoms with E-state index >= 15 is 0 Å². The van der Waals surface area contributed by atoms with E-state index in [9.17, 15) is 17.2 Å². The molecule has 0 aliphatic heterocycles. The maximum atomic E-state index is 13.6. The van der Waals surface area contributed by atoms with Crippen molar-refractivity contribution in [1.29, 1.82) is 0 Å². The van der Waals surface area contributed by atoms with E-state index in [0.717, 1.165) is 18.3 Å². The minimum Gasteiger partial charge on any atom is -0.276 e. The molecule has 0 bridgehead atoms. The van der Waals surface area contributed by atoms with Crippen LogP contribution in [0.3, 0.4) is 0 Å². The summed E-state index contributed by atoms with van der Waals surface area (Å²) in [4.78, 5) is 3.39. The Bertz CT molecular complexity index is 754. The van der Waals surface area contributed by atoms with E-state index < -0.39 is 27.3 Å². The summed E-state index contributed by atoms with van der Waals surface area (Å²) < 4.78 is 52.7. The summed E-state index contributed by atoms with van der Waals surface area (Å²) in [6, 6.07) is 4.03. The highest BCUT2D eigenvalue weighted by Crippen LogP contribution is 2.25. The Kier molecular flexibility index (Phi) is 4.26. The molecule has 0 aliphatic carbocycles. The fourth-order valence-electron chi connectivity index (χ4n) is 1.33. The van der Waals surface area contributed by atoms with Crippen LogP contribution < -0.4 is 4.72 Å². The number of benzene rings is 1. The van der Waals surface area contributed by atoms with Crippen LogP contribution in [0.4, 0.5) is 14.5 Å². The van der Waals surface area contributed by atoms with Gasteiger partial charge in [0, 0.05) is 12.3 Å². The Morgan fingerprint density at radius 2 is 1.90 bits per heavy atom. The molecule has 0 saturated heterocycles. The molecule has 0 amide bonds. The molecule has 0 spiro atoms. The van der Waals surface area contributed by atoms with Crippen molar-refractivity contribution in [2.45, 2.75) is 4.90 Å². The fraction of sp³-hybridized carbons (Fsp3) is 0. The van der Waals surface area contributed by atoms with Crippen molar-refractivity contribution in [1.82, 2.24) is 4.98 Å². The lowest BCUT2D eigenvalue weighted by molar-refractivity contribution is 0.591. The molecule has 0 fully saturated rings. The number of hydrogen-bond donors (Lipinski definition) is 1. The van der Waals surface area contributed by atoms with Crippen LogP contribution in [0.15, 0.2) is 39.8 Å².